The molecule has 0 saturated carbocycles. The Morgan fingerprint density at radius 2 is 2.00 bits per heavy atom. The first-order valence-electron chi connectivity index (χ1n) is 4.91. The van der Waals surface area contributed by atoms with Crippen LogP contribution >= 0.6 is 0 Å². The van der Waals surface area contributed by atoms with E-state index in [1.807, 2.05) is 6.08 Å². The average Bonchev–Trinajstić information content (AvgIpc) is 2.25. The van der Waals surface area contributed by atoms with Crippen molar-refractivity contribution in [2.45, 2.75) is 13.3 Å². The van der Waals surface area contributed by atoms with Gasteiger partial charge in [0.15, 0.2) is 0 Å². The fraction of sp³-hybridized carbons (Fsp3) is 0.333. The van der Waals surface area contributed by atoms with Crippen molar-refractivity contribution in [3.63, 3.8) is 0 Å². The Kier molecular flexibility index (Phi) is 4.97. The lowest BCUT2D eigenvalue weighted by atomic mass is 10.1. The van der Waals surface area contributed by atoms with E-state index in [1.165, 1.54) is 11.1 Å². The summed E-state index contributed by atoms with van der Waals surface area (Å²) < 4.78 is 0. The summed E-state index contributed by atoms with van der Waals surface area (Å²) in [4.78, 5) is 4.96. The lowest BCUT2D eigenvalue weighted by Crippen LogP contribution is -2.06. The SMILES string of the molecule is CCc1ccc(/C=C/CONC)cc1. The van der Waals surface area contributed by atoms with Gasteiger partial charge in [0.1, 0.15) is 0 Å². The first-order valence-corrected chi connectivity index (χ1v) is 4.91. The molecule has 2 nitrogen and oxygen atoms in total. The molecule has 0 radical (unpaired) electrons. The Labute approximate surface area is 85.5 Å². The van der Waals surface area contributed by atoms with E-state index in [1.54, 1.807) is 7.05 Å². The summed E-state index contributed by atoms with van der Waals surface area (Å²) in [6.07, 6.45) is 5.13. The van der Waals surface area contributed by atoms with Crippen molar-refractivity contribution in [1.29, 1.82) is 0 Å². The maximum Gasteiger partial charge on any atom is 0.0866 e. The second-order valence-corrected chi connectivity index (χ2v) is 3.01. The molecular weight excluding hydrogens is 174 g/mol. The Hall–Kier alpha value is -1.12. The van der Waals surface area contributed by atoms with Crippen molar-refractivity contribution in [3.05, 3.63) is 41.5 Å². The van der Waals surface area contributed by atoms with Gasteiger partial charge >= 0.3 is 0 Å². The molecular formula is C12H17NO. The largest absolute Gasteiger partial charge is 0.298 e. The fourth-order valence-corrected chi connectivity index (χ4v) is 1.18. The van der Waals surface area contributed by atoms with Crippen LogP contribution in [0.15, 0.2) is 30.3 Å². The molecule has 0 aliphatic rings. The van der Waals surface area contributed by atoms with Crippen LogP contribution < -0.4 is 5.48 Å². The number of hydrogen-bond acceptors (Lipinski definition) is 2. The van der Waals surface area contributed by atoms with Crippen molar-refractivity contribution < 1.29 is 4.84 Å². The van der Waals surface area contributed by atoms with E-state index in [2.05, 4.69) is 42.7 Å². The van der Waals surface area contributed by atoms with Gasteiger partial charge in [-0.15, -0.1) is 0 Å². The molecule has 0 aliphatic heterocycles. The van der Waals surface area contributed by atoms with Gasteiger partial charge in [0.2, 0.25) is 0 Å². The highest BCUT2D eigenvalue weighted by Gasteiger charge is 1.88. The number of hydroxylamine groups is 1. The molecule has 0 bridgehead atoms. The molecule has 2 heteroatoms. The van der Waals surface area contributed by atoms with Crippen molar-refractivity contribution in [2.24, 2.45) is 0 Å². The third kappa shape index (κ3) is 3.73. The molecule has 0 heterocycles. The fourth-order valence-electron chi connectivity index (χ4n) is 1.18. The van der Waals surface area contributed by atoms with Crippen molar-refractivity contribution in [3.8, 4) is 0 Å². The van der Waals surface area contributed by atoms with E-state index in [-0.39, 0.29) is 0 Å². The Morgan fingerprint density at radius 3 is 2.57 bits per heavy atom. The highest BCUT2D eigenvalue weighted by molar-refractivity contribution is 5.49. The van der Waals surface area contributed by atoms with Gasteiger partial charge < -0.3 is 0 Å². The molecule has 0 saturated heterocycles. The summed E-state index contributed by atoms with van der Waals surface area (Å²) >= 11 is 0. The molecule has 0 unspecified atom stereocenters. The molecule has 14 heavy (non-hydrogen) atoms. The summed E-state index contributed by atoms with van der Waals surface area (Å²) in [6, 6.07) is 8.54. The van der Waals surface area contributed by atoms with Crippen molar-refractivity contribution in [1.82, 2.24) is 5.48 Å². The molecule has 0 fully saturated rings. The van der Waals surface area contributed by atoms with Crippen LogP contribution in [0.2, 0.25) is 0 Å². The molecule has 0 amide bonds. The topological polar surface area (TPSA) is 21.3 Å². The Bertz CT molecular complexity index is 277. The van der Waals surface area contributed by atoms with Crippen LogP contribution in [-0.4, -0.2) is 13.7 Å². The molecule has 76 valence electrons. The van der Waals surface area contributed by atoms with Gasteiger partial charge in [-0.1, -0.05) is 43.3 Å². The Morgan fingerprint density at radius 1 is 1.29 bits per heavy atom. The van der Waals surface area contributed by atoms with E-state index in [4.69, 9.17) is 4.84 Å². The average molecular weight is 191 g/mol. The minimum absolute atomic E-state index is 0.589. The van der Waals surface area contributed by atoms with Crippen molar-refractivity contribution in [2.75, 3.05) is 13.7 Å². The first kappa shape index (κ1) is 11.0. The number of benzene rings is 1. The zero-order valence-corrected chi connectivity index (χ0v) is 8.79. The zero-order chi connectivity index (χ0) is 10.2. The van der Waals surface area contributed by atoms with Crippen LogP contribution in [0.1, 0.15) is 18.1 Å². The monoisotopic (exact) mass is 191 g/mol. The van der Waals surface area contributed by atoms with Gasteiger partial charge in [0.25, 0.3) is 0 Å². The van der Waals surface area contributed by atoms with E-state index < -0.39 is 0 Å². The summed E-state index contributed by atoms with van der Waals surface area (Å²) in [5.74, 6) is 0. The second kappa shape index (κ2) is 6.35. The molecule has 0 aromatic heterocycles. The highest BCUT2D eigenvalue weighted by atomic mass is 16.6. The van der Waals surface area contributed by atoms with Gasteiger partial charge in [-0.3, -0.25) is 4.84 Å². The quantitative estimate of drug-likeness (QED) is 0.570. The van der Waals surface area contributed by atoms with E-state index in [0.717, 1.165) is 6.42 Å². The standard InChI is InChI=1S/C12H17NO/c1-3-11-6-8-12(9-7-11)5-4-10-14-13-2/h4-9,13H,3,10H2,1-2H3/b5-4+. The number of hydrogen-bond donors (Lipinski definition) is 1. The molecule has 1 N–H and O–H groups in total. The van der Waals surface area contributed by atoms with E-state index >= 15 is 0 Å². The summed E-state index contributed by atoms with van der Waals surface area (Å²) in [5.41, 5.74) is 5.20. The Balaban J connectivity index is 2.47. The number of nitrogens with one attached hydrogen (secondary N) is 1. The van der Waals surface area contributed by atoms with Crippen molar-refractivity contribution >= 4 is 6.08 Å². The normalized spacial score (nSPS) is 11.0. The molecule has 0 spiro atoms. The summed E-state index contributed by atoms with van der Waals surface area (Å²) in [6.45, 7) is 2.75. The predicted octanol–water partition coefficient (Wildman–Crippen LogP) is 2.41. The number of rotatable bonds is 5. The van der Waals surface area contributed by atoms with Gasteiger partial charge in [-0.25, -0.2) is 5.48 Å². The smallest absolute Gasteiger partial charge is 0.0866 e. The van der Waals surface area contributed by atoms with Gasteiger partial charge in [0.05, 0.1) is 6.61 Å². The van der Waals surface area contributed by atoms with Crippen LogP contribution in [0.5, 0.6) is 0 Å². The van der Waals surface area contributed by atoms with Gasteiger partial charge in [0, 0.05) is 7.05 Å². The first-order chi connectivity index (χ1) is 6.86. The van der Waals surface area contributed by atoms with Gasteiger partial charge in [-0.05, 0) is 17.5 Å². The summed E-state index contributed by atoms with van der Waals surface area (Å²) in [7, 11) is 1.75. The molecule has 1 rings (SSSR count). The maximum atomic E-state index is 4.96. The van der Waals surface area contributed by atoms with E-state index in [0.29, 0.717) is 6.61 Å². The lowest BCUT2D eigenvalue weighted by molar-refractivity contribution is 0.0814. The molecule has 1 aromatic rings. The second-order valence-electron chi connectivity index (χ2n) is 3.01. The minimum atomic E-state index is 0.589. The maximum absolute atomic E-state index is 4.96. The van der Waals surface area contributed by atoms with Crippen LogP contribution in [0.25, 0.3) is 6.08 Å². The van der Waals surface area contributed by atoms with Crippen LogP contribution in [0, 0.1) is 0 Å². The lowest BCUT2D eigenvalue weighted by Gasteiger charge is -1.97. The minimum Gasteiger partial charge on any atom is -0.298 e. The highest BCUT2D eigenvalue weighted by Crippen LogP contribution is 2.06. The van der Waals surface area contributed by atoms with Gasteiger partial charge in [-0.2, -0.15) is 0 Å². The molecule has 0 atom stereocenters. The molecule has 1 aromatic carbocycles. The van der Waals surface area contributed by atoms with Crippen LogP contribution in [0.3, 0.4) is 0 Å². The van der Waals surface area contributed by atoms with Crippen LogP contribution in [-0.2, 0) is 11.3 Å². The zero-order valence-electron chi connectivity index (χ0n) is 8.79. The third-order valence-electron chi connectivity index (χ3n) is 2.02. The summed E-state index contributed by atoms with van der Waals surface area (Å²) in [5, 5.41) is 0. The third-order valence-corrected chi connectivity index (χ3v) is 2.02. The van der Waals surface area contributed by atoms with E-state index in [9.17, 15) is 0 Å². The molecule has 0 aliphatic carbocycles. The predicted molar refractivity (Wildman–Crippen MR) is 59.9 cm³/mol. The van der Waals surface area contributed by atoms with Crippen LogP contribution in [0.4, 0.5) is 0 Å². The number of aryl methyl sites for hydroxylation is 1.